The van der Waals surface area contributed by atoms with E-state index in [-0.39, 0.29) is 17.5 Å². The van der Waals surface area contributed by atoms with E-state index in [4.69, 9.17) is 4.52 Å². The third-order valence-electron chi connectivity index (χ3n) is 4.48. The molecule has 1 aliphatic heterocycles. The lowest BCUT2D eigenvalue weighted by Crippen LogP contribution is -2.26. The van der Waals surface area contributed by atoms with Crippen molar-refractivity contribution in [1.82, 2.24) is 5.16 Å². The quantitative estimate of drug-likeness (QED) is 0.798. The number of aryl methyl sites for hydroxylation is 1. The molecule has 118 valence electrons. The van der Waals surface area contributed by atoms with Crippen molar-refractivity contribution in [3.05, 3.63) is 56.6 Å². The van der Waals surface area contributed by atoms with E-state index >= 15 is 0 Å². The molecular weight excluding hydrogens is 363 g/mol. The largest absolute Gasteiger partial charge is 0.338 e. The Kier molecular flexibility index (Phi) is 3.37. The van der Waals surface area contributed by atoms with E-state index in [1.54, 1.807) is 12.1 Å². The molecular formula is C17H14BrFN2O2. The minimum atomic E-state index is -0.325. The van der Waals surface area contributed by atoms with Gasteiger partial charge in [-0.15, -0.1) is 0 Å². The fourth-order valence-electron chi connectivity index (χ4n) is 3.44. The maximum atomic E-state index is 13.6. The van der Waals surface area contributed by atoms with Gasteiger partial charge in [-0.1, -0.05) is 11.2 Å². The van der Waals surface area contributed by atoms with Gasteiger partial charge in [0.15, 0.2) is 5.78 Å². The summed E-state index contributed by atoms with van der Waals surface area (Å²) in [6.07, 6.45) is 2.17. The molecule has 2 aliphatic rings. The van der Waals surface area contributed by atoms with Crippen molar-refractivity contribution in [2.45, 2.75) is 32.1 Å². The summed E-state index contributed by atoms with van der Waals surface area (Å²) in [6.45, 7) is 1.86. The lowest BCUT2D eigenvalue weighted by molar-refractivity contribution is -0.116. The first kappa shape index (κ1) is 14.6. The number of ketones is 1. The Labute approximate surface area is 140 Å². The molecule has 23 heavy (non-hydrogen) atoms. The second-order valence-electron chi connectivity index (χ2n) is 5.91. The number of benzene rings is 1. The molecule has 0 spiro atoms. The molecule has 4 nitrogen and oxygen atoms in total. The van der Waals surface area contributed by atoms with Crippen LogP contribution in [0, 0.1) is 12.7 Å². The molecule has 0 saturated carbocycles. The number of fused-ring (bicyclic) bond motifs is 1. The Morgan fingerprint density at radius 2 is 2.22 bits per heavy atom. The number of carbonyl (C=O) groups is 1. The van der Waals surface area contributed by atoms with Gasteiger partial charge >= 0.3 is 0 Å². The predicted octanol–water partition coefficient (Wildman–Crippen LogP) is 4.45. The number of Topliss-reactive ketones (excluding diaryl/α,β-unsaturated/α-hetero) is 1. The smallest absolute Gasteiger partial charge is 0.233 e. The van der Waals surface area contributed by atoms with Gasteiger partial charge in [-0.2, -0.15) is 0 Å². The Morgan fingerprint density at radius 3 is 3.00 bits per heavy atom. The molecule has 0 radical (unpaired) electrons. The van der Waals surface area contributed by atoms with E-state index in [1.807, 2.05) is 6.92 Å². The highest BCUT2D eigenvalue weighted by Crippen LogP contribution is 2.46. The molecule has 1 aliphatic carbocycles. The Bertz CT molecular complexity index is 856. The molecule has 2 aromatic rings. The van der Waals surface area contributed by atoms with Crippen molar-refractivity contribution in [2.24, 2.45) is 0 Å². The van der Waals surface area contributed by atoms with Crippen LogP contribution in [-0.4, -0.2) is 10.9 Å². The van der Waals surface area contributed by atoms with Gasteiger partial charge in [0.25, 0.3) is 0 Å². The van der Waals surface area contributed by atoms with Gasteiger partial charge in [0.05, 0.1) is 15.7 Å². The molecule has 4 rings (SSSR count). The van der Waals surface area contributed by atoms with E-state index in [0.29, 0.717) is 16.8 Å². The minimum absolute atomic E-state index is 0.135. The Hall–Kier alpha value is -1.95. The molecule has 1 aromatic heterocycles. The van der Waals surface area contributed by atoms with Crippen molar-refractivity contribution >= 4 is 27.6 Å². The van der Waals surface area contributed by atoms with Crippen LogP contribution in [0.3, 0.4) is 0 Å². The summed E-state index contributed by atoms with van der Waals surface area (Å²) in [5.41, 5.74) is 4.11. The van der Waals surface area contributed by atoms with E-state index < -0.39 is 0 Å². The summed E-state index contributed by atoms with van der Waals surface area (Å²) in [4.78, 5) is 12.6. The summed E-state index contributed by atoms with van der Waals surface area (Å²) in [5, 5.41) is 7.26. The van der Waals surface area contributed by atoms with Crippen LogP contribution in [-0.2, 0) is 4.79 Å². The standard InChI is InChI=1S/C17H14BrFN2O2/c1-8-14-15(9-5-6-11(19)10(18)7-9)16-12(3-2-4-13(16)22)20-17(14)23-21-8/h5-7,15,20H,2-4H2,1H3. The molecule has 1 N–H and O–H groups in total. The van der Waals surface area contributed by atoms with Gasteiger partial charge < -0.3 is 9.84 Å². The van der Waals surface area contributed by atoms with E-state index in [1.165, 1.54) is 6.07 Å². The van der Waals surface area contributed by atoms with Gasteiger partial charge in [-0.25, -0.2) is 4.39 Å². The van der Waals surface area contributed by atoms with E-state index in [0.717, 1.165) is 40.9 Å². The second-order valence-corrected chi connectivity index (χ2v) is 6.77. The molecule has 1 atom stereocenters. The average Bonchev–Trinajstić information content (AvgIpc) is 2.90. The number of hydrogen-bond donors (Lipinski definition) is 1. The number of nitrogens with one attached hydrogen (secondary N) is 1. The zero-order valence-electron chi connectivity index (χ0n) is 12.5. The summed E-state index contributed by atoms with van der Waals surface area (Å²) in [5.74, 6) is 0.128. The highest BCUT2D eigenvalue weighted by atomic mass is 79.9. The van der Waals surface area contributed by atoms with Crippen LogP contribution in [0.25, 0.3) is 0 Å². The Balaban J connectivity index is 1.95. The van der Waals surface area contributed by atoms with E-state index in [2.05, 4.69) is 26.4 Å². The number of hydrogen-bond acceptors (Lipinski definition) is 4. The molecule has 0 fully saturated rings. The summed E-state index contributed by atoms with van der Waals surface area (Å²) < 4.78 is 19.4. The lowest BCUT2D eigenvalue weighted by atomic mass is 9.76. The van der Waals surface area contributed by atoms with Crippen LogP contribution in [0.5, 0.6) is 0 Å². The molecule has 1 unspecified atom stereocenters. The van der Waals surface area contributed by atoms with E-state index in [9.17, 15) is 9.18 Å². The zero-order valence-corrected chi connectivity index (χ0v) is 14.0. The van der Waals surface area contributed by atoms with Gasteiger partial charge in [-0.3, -0.25) is 4.79 Å². The number of carbonyl (C=O) groups excluding carboxylic acids is 1. The van der Waals surface area contributed by atoms with Gasteiger partial charge in [-0.05, 0) is 53.4 Å². The van der Waals surface area contributed by atoms with Crippen LogP contribution in [0.4, 0.5) is 10.3 Å². The van der Waals surface area contributed by atoms with Crippen LogP contribution < -0.4 is 5.32 Å². The van der Waals surface area contributed by atoms with Crippen molar-refractivity contribution in [3.8, 4) is 0 Å². The number of halogens is 2. The van der Waals surface area contributed by atoms with Crippen molar-refractivity contribution in [1.29, 1.82) is 0 Å². The normalized spacial score (nSPS) is 20.1. The van der Waals surface area contributed by atoms with Crippen molar-refractivity contribution < 1.29 is 13.7 Å². The predicted molar refractivity (Wildman–Crippen MR) is 86.7 cm³/mol. The SMILES string of the molecule is Cc1noc2c1C(c1ccc(F)c(Br)c1)C1=C(CCCC1=O)N2. The monoisotopic (exact) mass is 376 g/mol. The number of anilines is 1. The maximum absolute atomic E-state index is 13.6. The number of allylic oxidation sites excluding steroid dienone is 2. The minimum Gasteiger partial charge on any atom is -0.338 e. The number of rotatable bonds is 1. The van der Waals surface area contributed by atoms with Gasteiger partial charge in [0.2, 0.25) is 5.88 Å². The molecule has 1 aromatic carbocycles. The molecule has 2 heterocycles. The molecule has 6 heteroatoms. The maximum Gasteiger partial charge on any atom is 0.233 e. The van der Waals surface area contributed by atoms with Gasteiger partial charge in [0, 0.05) is 23.6 Å². The second kappa shape index (κ2) is 5.30. The topological polar surface area (TPSA) is 55.1 Å². The van der Waals surface area contributed by atoms with Crippen LogP contribution in [0.1, 0.15) is 42.0 Å². The average molecular weight is 377 g/mol. The lowest BCUT2D eigenvalue weighted by Gasteiger charge is -2.31. The van der Waals surface area contributed by atoms with Crippen LogP contribution in [0.15, 0.2) is 38.5 Å². The number of nitrogens with zero attached hydrogens (tertiary/aromatic N) is 1. The van der Waals surface area contributed by atoms with Crippen molar-refractivity contribution in [2.75, 3.05) is 5.32 Å². The first-order valence-corrected chi connectivity index (χ1v) is 8.30. The zero-order chi connectivity index (χ0) is 16.1. The first-order chi connectivity index (χ1) is 11.1. The van der Waals surface area contributed by atoms with Gasteiger partial charge in [0.1, 0.15) is 5.82 Å². The number of aromatic nitrogens is 1. The molecule has 0 bridgehead atoms. The van der Waals surface area contributed by atoms with Crippen LogP contribution in [0.2, 0.25) is 0 Å². The third kappa shape index (κ3) is 2.24. The summed E-state index contributed by atoms with van der Waals surface area (Å²) in [6, 6.07) is 4.87. The first-order valence-electron chi connectivity index (χ1n) is 7.50. The summed E-state index contributed by atoms with van der Waals surface area (Å²) in [7, 11) is 0. The molecule has 0 saturated heterocycles. The highest BCUT2D eigenvalue weighted by Gasteiger charge is 2.38. The third-order valence-corrected chi connectivity index (χ3v) is 5.09. The molecule has 0 amide bonds. The Morgan fingerprint density at radius 1 is 1.39 bits per heavy atom. The highest BCUT2D eigenvalue weighted by molar-refractivity contribution is 9.10. The van der Waals surface area contributed by atoms with Crippen molar-refractivity contribution in [3.63, 3.8) is 0 Å². The van der Waals surface area contributed by atoms with Crippen LogP contribution >= 0.6 is 15.9 Å². The summed E-state index contributed by atoms with van der Waals surface area (Å²) >= 11 is 3.23. The fraction of sp³-hybridized carbons (Fsp3) is 0.294. The fourth-order valence-corrected chi connectivity index (χ4v) is 3.84.